The highest BCUT2D eigenvalue weighted by Crippen LogP contribution is 2.42. The molecule has 3 rings (SSSR count). The lowest BCUT2D eigenvalue weighted by Gasteiger charge is -2.36. The summed E-state index contributed by atoms with van der Waals surface area (Å²) in [5, 5.41) is 0. The van der Waals surface area contributed by atoms with Crippen LogP contribution in [-0.2, 0) is 5.41 Å². The molecule has 3 aromatic rings. The van der Waals surface area contributed by atoms with E-state index in [4.69, 9.17) is 0 Å². The normalized spacial score (nSPS) is 11.4. The zero-order valence-corrected chi connectivity index (χ0v) is 17.5. The fourth-order valence-electron chi connectivity index (χ4n) is 3.48. The van der Waals surface area contributed by atoms with Gasteiger partial charge in [0.2, 0.25) is 0 Å². The molecule has 0 bridgehead atoms. The standard InChI is InChI=1S/C22H22.C4H12N/c1-2-18-22(19-12-6-3-7-13-19,20-14-8-4-9-15-20)21-16-10-5-11-17-21;1-5(2,3)4/h3-17H,2,18H2,1H3;1-4H3/q;+1. The van der Waals surface area contributed by atoms with E-state index in [9.17, 15) is 0 Å². The summed E-state index contributed by atoms with van der Waals surface area (Å²) in [4.78, 5) is 0. The number of hydrogen-bond acceptors (Lipinski definition) is 0. The van der Waals surface area contributed by atoms with Crippen molar-refractivity contribution in [2.45, 2.75) is 25.2 Å². The average Bonchev–Trinajstić information content (AvgIpc) is 2.67. The zero-order valence-electron chi connectivity index (χ0n) is 17.5. The van der Waals surface area contributed by atoms with Gasteiger partial charge in [0.05, 0.1) is 28.2 Å². The summed E-state index contributed by atoms with van der Waals surface area (Å²) < 4.78 is 1.00. The van der Waals surface area contributed by atoms with Gasteiger partial charge >= 0.3 is 0 Å². The van der Waals surface area contributed by atoms with Gasteiger partial charge in [0.25, 0.3) is 0 Å². The van der Waals surface area contributed by atoms with Crippen molar-refractivity contribution in [3.63, 3.8) is 0 Å². The maximum Gasteiger partial charge on any atom is 0.0675 e. The molecule has 0 aliphatic carbocycles. The number of hydrogen-bond donors (Lipinski definition) is 0. The molecule has 0 N–H and O–H groups in total. The van der Waals surface area contributed by atoms with Crippen molar-refractivity contribution in [1.82, 2.24) is 0 Å². The number of quaternary nitrogens is 1. The highest BCUT2D eigenvalue weighted by molar-refractivity contribution is 5.50. The molecule has 0 spiro atoms. The topological polar surface area (TPSA) is 0 Å². The lowest BCUT2D eigenvalue weighted by molar-refractivity contribution is -0.849. The highest BCUT2D eigenvalue weighted by Gasteiger charge is 2.34. The highest BCUT2D eigenvalue weighted by atomic mass is 15.2. The van der Waals surface area contributed by atoms with Crippen LogP contribution in [0.1, 0.15) is 36.5 Å². The molecule has 0 atom stereocenters. The summed E-state index contributed by atoms with van der Waals surface area (Å²) in [5.74, 6) is 0. The van der Waals surface area contributed by atoms with E-state index in [1.165, 1.54) is 16.7 Å². The van der Waals surface area contributed by atoms with Crippen molar-refractivity contribution in [2.75, 3.05) is 28.2 Å². The Morgan fingerprint density at radius 1 is 0.556 bits per heavy atom. The smallest absolute Gasteiger partial charge is 0.0675 e. The van der Waals surface area contributed by atoms with Crippen LogP contribution < -0.4 is 0 Å². The maximum atomic E-state index is 2.27. The van der Waals surface area contributed by atoms with E-state index in [0.717, 1.165) is 17.3 Å². The Balaban J connectivity index is 0.000000465. The van der Waals surface area contributed by atoms with E-state index in [1.54, 1.807) is 0 Å². The van der Waals surface area contributed by atoms with Crippen LogP contribution in [0.4, 0.5) is 0 Å². The fourth-order valence-corrected chi connectivity index (χ4v) is 3.48. The molecule has 0 saturated heterocycles. The maximum absolute atomic E-state index is 2.27. The molecular weight excluding hydrogens is 326 g/mol. The zero-order chi connectivity index (χ0) is 19.8. The van der Waals surface area contributed by atoms with Gasteiger partial charge in [-0.05, 0) is 23.1 Å². The van der Waals surface area contributed by atoms with Gasteiger partial charge in [-0.15, -0.1) is 0 Å². The van der Waals surface area contributed by atoms with E-state index in [0.29, 0.717) is 0 Å². The first-order valence-electron chi connectivity index (χ1n) is 9.83. The quantitative estimate of drug-likeness (QED) is 0.378. The SMILES string of the molecule is CCCC(c1ccccc1)(c1ccccc1)c1ccccc1.C[N+](C)(C)C. The molecule has 1 nitrogen and oxygen atoms in total. The molecule has 0 fully saturated rings. The molecule has 3 aromatic carbocycles. The minimum atomic E-state index is -0.0709. The van der Waals surface area contributed by atoms with E-state index in [1.807, 2.05) is 0 Å². The lowest BCUT2D eigenvalue weighted by Crippen LogP contribution is -2.29. The Kier molecular flexibility index (Phi) is 7.38. The summed E-state index contributed by atoms with van der Waals surface area (Å²) in [6.07, 6.45) is 2.24. The van der Waals surface area contributed by atoms with E-state index in [2.05, 4.69) is 126 Å². The monoisotopic (exact) mass is 360 g/mol. The van der Waals surface area contributed by atoms with Crippen LogP contribution in [0.15, 0.2) is 91.0 Å². The van der Waals surface area contributed by atoms with Crippen LogP contribution in [0.25, 0.3) is 0 Å². The van der Waals surface area contributed by atoms with Crippen LogP contribution in [0, 0.1) is 0 Å². The summed E-state index contributed by atoms with van der Waals surface area (Å²) in [5.41, 5.74) is 4.04. The van der Waals surface area contributed by atoms with Gasteiger partial charge in [-0.2, -0.15) is 0 Å². The molecule has 0 radical (unpaired) electrons. The average molecular weight is 361 g/mol. The second kappa shape index (κ2) is 9.53. The summed E-state index contributed by atoms with van der Waals surface area (Å²) in [6.45, 7) is 2.27. The lowest BCUT2D eigenvalue weighted by atomic mass is 9.67. The van der Waals surface area contributed by atoms with Crippen molar-refractivity contribution < 1.29 is 4.48 Å². The van der Waals surface area contributed by atoms with Crippen molar-refractivity contribution in [3.8, 4) is 0 Å². The second-order valence-corrected chi connectivity index (χ2v) is 8.44. The molecule has 27 heavy (non-hydrogen) atoms. The van der Waals surface area contributed by atoms with Gasteiger partial charge in [-0.1, -0.05) is 104 Å². The van der Waals surface area contributed by atoms with Gasteiger partial charge in [-0.25, -0.2) is 0 Å². The molecule has 0 aromatic heterocycles. The fraction of sp³-hybridized carbons (Fsp3) is 0.308. The molecular formula is C26H34N+. The molecule has 0 aliphatic rings. The third kappa shape index (κ3) is 5.80. The van der Waals surface area contributed by atoms with Gasteiger partial charge in [0.15, 0.2) is 0 Å². The summed E-state index contributed by atoms with van der Waals surface area (Å²) in [6, 6.07) is 32.7. The van der Waals surface area contributed by atoms with Crippen molar-refractivity contribution in [2.24, 2.45) is 0 Å². The van der Waals surface area contributed by atoms with Crippen LogP contribution in [-0.4, -0.2) is 32.7 Å². The second-order valence-electron chi connectivity index (χ2n) is 8.44. The van der Waals surface area contributed by atoms with Gasteiger partial charge < -0.3 is 4.48 Å². The Bertz CT molecular complexity index is 668. The molecule has 0 aliphatic heterocycles. The van der Waals surface area contributed by atoms with Crippen LogP contribution >= 0.6 is 0 Å². The first-order valence-corrected chi connectivity index (χ1v) is 9.83. The molecule has 0 saturated carbocycles. The first kappa shape index (κ1) is 20.9. The first-order chi connectivity index (χ1) is 12.9. The Hall–Kier alpha value is -2.38. The summed E-state index contributed by atoms with van der Waals surface area (Å²) in [7, 11) is 8.50. The Morgan fingerprint density at radius 3 is 1.04 bits per heavy atom. The number of benzene rings is 3. The van der Waals surface area contributed by atoms with E-state index >= 15 is 0 Å². The predicted molar refractivity (Wildman–Crippen MR) is 118 cm³/mol. The van der Waals surface area contributed by atoms with E-state index < -0.39 is 0 Å². The van der Waals surface area contributed by atoms with Gasteiger partial charge in [0, 0.05) is 5.41 Å². The Morgan fingerprint density at radius 2 is 0.815 bits per heavy atom. The van der Waals surface area contributed by atoms with Crippen molar-refractivity contribution >= 4 is 0 Å². The minimum Gasteiger partial charge on any atom is -0.333 e. The molecule has 1 heteroatoms. The molecule has 0 heterocycles. The molecule has 0 amide bonds. The van der Waals surface area contributed by atoms with E-state index in [-0.39, 0.29) is 5.41 Å². The number of nitrogens with zero attached hydrogens (tertiary/aromatic N) is 1. The summed E-state index contributed by atoms with van der Waals surface area (Å²) >= 11 is 0. The molecule has 0 unspecified atom stereocenters. The van der Waals surface area contributed by atoms with Crippen LogP contribution in [0.3, 0.4) is 0 Å². The molecule has 142 valence electrons. The van der Waals surface area contributed by atoms with Crippen molar-refractivity contribution in [3.05, 3.63) is 108 Å². The minimum absolute atomic E-state index is 0.0709. The predicted octanol–water partition coefficient (Wildman–Crippen LogP) is 6.14. The van der Waals surface area contributed by atoms with Gasteiger partial charge in [-0.3, -0.25) is 0 Å². The van der Waals surface area contributed by atoms with Crippen molar-refractivity contribution in [1.29, 1.82) is 0 Å². The van der Waals surface area contributed by atoms with Crippen LogP contribution in [0.5, 0.6) is 0 Å². The largest absolute Gasteiger partial charge is 0.333 e. The Labute approximate surface area is 165 Å². The number of rotatable bonds is 5. The third-order valence-electron chi connectivity index (χ3n) is 4.42. The van der Waals surface area contributed by atoms with Crippen LogP contribution in [0.2, 0.25) is 0 Å². The van der Waals surface area contributed by atoms with Gasteiger partial charge in [0.1, 0.15) is 0 Å². The third-order valence-corrected chi connectivity index (χ3v) is 4.42.